The van der Waals surface area contributed by atoms with Crippen LogP contribution >= 0.6 is 39.1 Å². The zero-order valence-corrected chi connectivity index (χ0v) is 13.5. The number of nitro groups is 1. The molecule has 0 saturated heterocycles. The van der Waals surface area contributed by atoms with E-state index in [0.717, 1.165) is 0 Å². The van der Waals surface area contributed by atoms with E-state index in [2.05, 4.69) is 21.2 Å². The van der Waals surface area contributed by atoms with Gasteiger partial charge in [0.25, 0.3) is 5.69 Å². The fourth-order valence-electron chi connectivity index (χ4n) is 1.71. The molecule has 21 heavy (non-hydrogen) atoms. The lowest BCUT2D eigenvalue weighted by molar-refractivity contribution is -0.385. The van der Waals surface area contributed by atoms with E-state index in [9.17, 15) is 14.5 Å². The largest absolute Gasteiger partial charge is 0.381 e. The molecule has 0 saturated carbocycles. The molecular formula is C13H8BrCl2FN2O2. The summed E-state index contributed by atoms with van der Waals surface area (Å²) in [5, 5.41) is 13.7. The lowest BCUT2D eigenvalue weighted by atomic mass is 10.1. The Morgan fingerprint density at radius 2 is 1.86 bits per heavy atom. The van der Waals surface area contributed by atoms with Crippen molar-refractivity contribution in [2.24, 2.45) is 0 Å². The van der Waals surface area contributed by atoms with Gasteiger partial charge in [-0.15, -0.1) is 0 Å². The number of rotatable bonds is 4. The van der Waals surface area contributed by atoms with Crippen LogP contribution in [-0.2, 0) is 6.54 Å². The Bertz CT molecular complexity index is 690. The highest BCUT2D eigenvalue weighted by Crippen LogP contribution is 2.29. The van der Waals surface area contributed by atoms with Crippen LogP contribution in [0.3, 0.4) is 0 Å². The molecule has 0 spiro atoms. The second kappa shape index (κ2) is 6.60. The third kappa shape index (κ3) is 3.84. The Kier molecular flexibility index (Phi) is 5.03. The van der Waals surface area contributed by atoms with Crippen molar-refractivity contribution in [3.8, 4) is 0 Å². The topological polar surface area (TPSA) is 55.2 Å². The van der Waals surface area contributed by atoms with Gasteiger partial charge in [-0.3, -0.25) is 10.1 Å². The van der Waals surface area contributed by atoms with Crippen molar-refractivity contribution in [3.63, 3.8) is 0 Å². The smallest absolute Gasteiger partial charge is 0.275 e. The molecule has 0 atom stereocenters. The van der Waals surface area contributed by atoms with Crippen LogP contribution in [0, 0.1) is 15.9 Å². The summed E-state index contributed by atoms with van der Waals surface area (Å²) in [4.78, 5) is 10.5. The van der Waals surface area contributed by atoms with Gasteiger partial charge in [-0.2, -0.15) is 0 Å². The summed E-state index contributed by atoms with van der Waals surface area (Å²) in [7, 11) is 0. The number of nitro benzene ring substituents is 1. The molecule has 4 nitrogen and oxygen atoms in total. The van der Waals surface area contributed by atoms with Gasteiger partial charge in [-0.25, -0.2) is 4.39 Å². The Labute approximate surface area is 138 Å². The Balaban J connectivity index is 2.22. The van der Waals surface area contributed by atoms with E-state index in [0.29, 0.717) is 15.7 Å². The predicted molar refractivity (Wildman–Crippen MR) is 84.5 cm³/mol. The molecule has 0 bridgehead atoms. The number of nitrogens with zero attached hydrogens (tertiary/aromatic N) is 1. The maximum absolute atomic E-state index is 13.3. The molecule has 0 unspecified atom stereocenters. The van der Waals surface area contributed by atoms with Crippen LogP contribution in [0.4, 0.5) is 15.8 Å². The van der Waals surface area contributed by atoms with Crippen LogP contribution in [0.2, 0.25) is 10.0 Å². The van der Waals surface area contributed by atoms with E-state index in [1.54, 1.807) is 12.1 Å². The summed E-state index contributed by atoms with van der Waals surface area (Å²) in [6.07, 6.45) is 0. The summed E-state index contributed by atoms with van der Waals surface area (Å²) in [5.41, 5.74) is 0.944. The minimum Gasteiger partial charge on any atom is -0.381 e. The SMILES string of the molecule is O=[N+]([O-])c1cc(Br)ccc1CNc1cc(Cl)c(F)c(Cl)c1. The second-order valence-corrected chi connectivity index (χ2v) is 5.87. The maximum atomic E-state index is 13.3. The van der Waals surface area contributed by atoms with Gasteiger partial charge in [-0.05, 0) is 24.3 Å². The number of nitrogens with one attached hydrogen (secondary N) is 1. The number of hydrogen-bond donors (Lipinski definition) is 1. The van der Waals surface area contributed by atoms with Gasteiger partial charge in [0.2, 0.25) is 0 Å². The first-order valence-electron chi connectivity index (χ1n) is 5.69. The van der Waals surface area contributed by atoms with E-state index in [-0.39, 0.29) is 22.3 Å². The van der Waals surface area contributed by atoms with Crippen LogP contribution in [0.5, 0.6) is 0 Å². The molecule has 0 aliphatic carbocycles. The Morgan fingerprint density at radius 3 is 2.43 bits per heavy atom. The number of halogens is 4. The highest BCUT2D eigenvalue weighted by Gasteiger charge is 2.14. The zero-order valence-electron chi connectivity index (χ0n) is 10.4. The van der Waals surface area contributed by atoms with Gasteiger partial charge in [0.15, 0.2) is 5.82 Å². The van der Waals surface area contributed by atoms with E-state index < -0.39 is 10.7 Å². The van der Waals surface area contributed by atoms with Crippen molar-refractivity contribution in [3.05, 3.63) is 66.3 Å². The summed E-state index contributed by atoms with van der Waals surface area (Å²) in [5.74, 6) is -0.696. The van der Waals surface area contributed by atoms with Gasteiger partial charge in [0.1, 0.15) is 0 Å². The predicted octanol–water partition coefficient (Wildman–Crippen LogP) is 5.42. The fourth-order valence-corrected chi connectivity index (χ4v) is 2.55. The Morgan fingerprint density at radius 1 is 1.24 bits per heavy atom. The van der Waals surface area contributed by atoms with E-state index in [4.69, 9.17) is 23.2 Å². The first-order valence-corrected chi connectivity index (χ1v) is 7.24. The van der Waals surface area contributed by atoms with E-state index in [1.165, 1.54) is 18.2 Å². The van der Waals surface area contributed by atoms with Crippen molar-refractivity contribution in [2.45, 2.75) is 6.54 Å². The molecule has 0 fully saturated rings. The number of hydrogen-bond acceptors (Lipinski definition) is 3. The first-order chi connectivity index (χ1) is 9.88. The third-order valence-corrected chi connectivity index (χ3v) is 3.75. The monoisotopic (exact) mass is 392 g/mol. The number of anilines is 1. The molecule has 2 aromatic rings. The lowest BCUT2D eigenvalue weighted by Gasteiger charge is -2.09. The van der Waals surface area contributed by atoms with Crippen molar-refractivity contribution < 1.29 is 9.31 Å². The molecule has 110 valence electrons. The van der Waals surface area contributed by atoms with Crippen molar-refractivity contribution in [1.82, 2.24) is 0 Å². The minimum absolute atomic E-state index is 0.0174. The third-order valence-electron chi connectivity index (χ3n) is 2.71. The molecular weight excluding hydrogens is 386 g/mol. The highest BCUT2D eigenvalue weighted by atomic mass is 79.9. The van der Waals surface area contributed by atoms with Gasteiger partial charge in [-0.1, -0.05) is 39.1 Å². The summed E-state index contributed by atoms with van der Waals surface area (Å²) in [6, 6.07) is 7.49. The molecule has 0 aliphatic heterocycles. The molecule has 0 radical (unpaired) electrons. The standard InChI is InChI=1S/C13H8BrCl2FN2O2/c14-8-2-1-7(12(3-8)19(20)21)6-18-9-4-10(15)13(17)11(16)5-9/h1-5,18H,6H2. The summed E-state index contributed by atoms with van der Waals surface area (Å²) in [6.45, 7) is 0.182. The Hall–Kier alpha value is -1.37. The molecule has 0 aliphatic rings. The zero-order chi connectivity index (χ0) is 15.6. The lowest BCUT2D eigenvalue weighted by Crippen LogP contribution is -2.03. The van der Waals surface area contributed by atoms with Crippen LogP contribution in [-0.4, -0.2) is 4.92 Å². The van der Waals surface area contributed by atoms with Crippen LogP contribution in [0.1, 0.15) is 5.56 Å². The molecule has 8 heteroatoms. The fraction of sp³-hybridized carbons (Fsp3) is 0.0769. The summed E-state index contributed by atoms with van der Waals surface area (Å²) >= 11 is 14.6. The van der Waals surface area contributed by atoms with Gasteiger partial charge in [0.05, 0.1) is 15.0 Å². The highest BCUT2D eigenvalue weighted by molar-refractivity contribution is 9.10. The maximum Gasteiger partial charge on any atom is 0.275 e. The molecule has 0 heterocycles. The van der Waals surface area contributed by atoms with Crippen molar-refractivity contribution >= 4 is 50.5 Å². The van der Waals surface area contributed by atoms with Gasteiger partial charge in [0, 0.05) is 28.3 Å². The van der Waals surface area contributed by atoms with Gasteiger partial charge < -0.3 is 5.32 Å². The molecule has 2 aromatic carbocycles. The molecule has 0 amide bonds. The van der Waals surface area contributed by atoms with Crippen molar-refractivity contribution in [1.29, 1.82) is 0 Å². The average Bonchev–Trinajstić information content (AvgIpc) is 2.43. The quantitative estimate of drug-likeness (QED) is 0.429. The minimum atomic E-state index is -0.696. The number of benzene rings is 2. The van der Waals surface area contributed by atoms with Crippen LogP contribution in [0.25, 0.3) is 0 Å². The average molecular weight is 394 g/mol. The molecule has 2 rings (SSSR count). The van der Waals surface area contributed by atoms with Crippen molar-refractivity contribution in [2.75, 3.05) is 5.32 Å². The van der Waals surface area contributed by atoms with E-state index >= 15 is 0 Å². The summed E-state index contributed by atoms with van der Waals surface area (Å²) < 4.78 is 13.9. The van der Waals surface area contributed by atoms with E-state index in [1.807, 2.05) is 0 Å². The second-order valence-electron chi connectivity index (χ2n) is 4.14. The molecule has 1 N–H and O–H groups in total. The van der Waals surface area contributed by atoms with Crippen LogP contribution < -0.4 is 5.32 Å². The normalized spacial score (nSPS) is 10.5. The molecule has 0 aromatic heterocycles. The van der Waals surface area contributed by atoms with Crippen LogP contribution in [0.15, 0.2) is 34.8 Å². The first kappa shape index (κ1) is 16.0. The van der Waals surface area contributed by atoms with Gasteiger partial charge >= 0.3 is 0 Å².